The number of nitrogen functional groups attached to an aromatic ring is 1. The Balaban J connectivity index is 1.58. The van der Waals surface area contributed by atoms with Crippen molar-refractivity contribution in [1.82, 2.24) is 15.0 Å². The Morgan fingerprint density at radius 1 is 1.07 bits per heavy atom. The average molecular weight is 489 g/mol. The second-order valence-electron chi connectivity index (χ2n) is 7.17. The van der Waals surface area contributed by atoms with E-state index in [9.17, 15) is 0 Å². The first-order valence-corrected chi connectivity index (χ1v) is 10.8. The number of aromatic nitrogens is 3. The fourth-order valence-electron chi connectivity index (χ4n) is 3.52. The standard InChI is InChI=1S/C21H23BrClN7/c1-14-19(24)26-21(27-20(14)28(2)17-7-6-15(22)13-16(17)23)30-11-9-29(10-12-30)18-5-3-4-8-25-18/h3-8,13H,9-12H2,1-2H3,(H2,24,26,27). The Labute approximate surface area is 189 Å². The van der Waals surface area contributed by atoms with E-state index in [1.165, 1.54) is 0 Å². The van der Waals surface area contributed by atoms with Gasteiger partial charge in [0, 0.05) is 49.5 Å². The maximum atomic E-state index is 6.46. The van der Waals surface area contributed by atoms with Crippen LogP contribution in [-0.4, -0.2) is 48.2 Å². The van der Waals surface area contributed by atoms with Crippen molar-refractivity contribution in [3.8, 4) is 0 Å². The van der Waals surface area contributed by atoms with Gasteiger partial charge in [0.25, 0.3) is 0 Å². The van der Waals surface area contributed by atoms with Gasteiger partial charge >= 0.3 is 0 Å². The molecule has 0 atom stereocenters. The van der Waals surface area contributed by atoms with Crippen LogP contribution in [0.1, 0.15) is 5.56 Å². The predicted molar refractivity (Wildman–Crippen MR) is 127 cm³/mol. The molecule has 3 aromatic rings. The lowest BCUT2D eigenvalue weighted by molar-refractivity contribution is 0.635. The average Bonchev–Trinajstić information content (AvgIpc) is 2.76. The summed E-state index contributed by atoms with van der Waals surface area (Å²) in [6.07, 6.45) is 1.82. The zero-order chi connectivity index (χ0) is 21.3. The molecule has 0 bridgehead atoms. The molecule has 7 nitrogen and oxygen atoms in total. The molecular formula is C21H23BrClN7. The zero-order valence-electron chi connectivity index (χ0n) is 16.9. The van der Waals surface area contributed by atoms with E-state index >= 15 is 0 Å². The van der Waals surface area contributed by atoms with Crippen molar-refractivity contribution in [3.63, 3.8) is 0 Å². The van der Waals surface area contributed by atoms with Gasteiger partial charge in [-0.3, -0.25) is 0 Å². The molecule has 4 rings (SSSR count). The Hall–Kier alpha value is -2.58. The highest BCUT2D eigenvalue weighted by molar-refractivity contribution is 9.10. The number of hydrogen-bond acceptors (Lipinski definition) is 7. The van der Waals surface area contributed by atoms with Gasteiger partial charge in [-0.05, 0) is 37.3 Å². The molecule has 0 radical (unpaired) electrons. The minimum atomic E-state index is 0.474. The molecule has 2 aromatic heterocycles. The number of nitrogens with two attached hydrogens (primary N) is 1. The van der Waals surface area contributed by atoms with Crippen LogP contribution >= 0.6 is 27.5 Å². The van der Waals surface area contributed by atoms with Gasteiger partial charge in [0.1, 0.15) is 17.5 Å². The number of nitrogens with zero attached hydrogens (tertiary/aromatic N) is 6. The monoisotopic (exact) mass is 487 g/mol. The molecule has 0 spiro atoms. The third-order valence-electron chi connectivity index (χ3n) is 5.27. The molecule has 0 amide bonds. The number of anilines is 5. The summed E-state index contributed by atoms with van der Waals surface area (Å²) < 4.78 is 0.926. The van der Waals surface area contributed by atoms with E-state index in [0.717, 1.165) is 53.5 Å². The smallest absolute Gasteiger partial charge is 0.229 e. The van der Waals surface area contributed by atoms with E-state index in [-0.39, 0.29) is 0 Å². The van der Waals surface area contributed by atoms with Crippen molar-refractivity contribution in [2.75, 3.05) is 53.7 Å². The molecule has 1 aliphatic rings. The van der Waals surface area contributed by atoms with Gasteiger partial charge in [-0.25, -0.2) is 4.98 Å². The van der Waals surface area contributed by atoms with Gasteiger partial charge in [-0.15, -0.1) is 0 Å². The summed E-state index contributed by atoms with van der Waals surface area (Å²) in [4.78, 5) is 20.2. The summed E-state index contributed by atoms with van der Waals surface area (Å²) in [5.74, 6) is 2.84. The van der Waals surface area contributed by atoms with Gasteiger partial charge in [-0.1, -0.05) is 33.6 Å². The lowest BCUT2D eigenvalue weighted by atomic mass is 10.2. The van der Waals surface area contributed by atoms with E-state index in [1.807, 2.05) is 61.5 Å². The molecule has 0 unspecified atom stereocenters. The van der Waals surface area contributed by atoms with Crippen LogP contribution in [0.15, 0.2) is 47.1 Å². The number of rotatable bonds is 4. The van der Waals surface area contributed by atoms with Crippen LogP contribution in [0, 0.1) is 6.92 Å². The van der Waals surface area contributed by atoms with Crippen molar-refractivity contribution in [2.24, 2.45) is 0 Å². The maximum Gasteiger partial charge on any atom is 0.229 e. The summed E-state index contributed by atoms with van der Waals surface area (Å²) in [6.45, 7) is 5.20. The molecule has 1 aromatic carbocycles. The third kappa shape index (κ3) is 4.15. The van der Waals surface area contributed by atoms with Crippen molar-refractivity contribution in [2.45, 2.75) is 6.92 Å². The first-order valence-electron chi connectivity index (χ1n) is 9.68. The van der Waals surface area contributed by atoms with Crippen LogP contribution in [0.2, 0.25) is 5.02 Å². The molecule has 0 aliphatic carbocycles. The predicted octanol–water partition coefficient (Wildman–Crippen LogP) is 4.27. The van der Waals surface area contributed by atoms with Crippen molar-refractivity contribution >= 4 is 56.6 Å². The van der Waals surface area contributed by atoms with Crippen molar-refractivity contribution in [3.05, 3.63) is 57.7 Å². The molecule has 156 valence electrons. The van der Waals surface area contributed by atoms with E-state index in [4.69, 9.17) is 22.3 Å². The van der Waals surface area contributed by atoms with Crippen molar-refractivity contribution in [1.29, 1.82) is 0 Å². The third-order valence-corrected chi connectivity index (χ3v) is 6.07. The van der Waals surface area contributed by atoms with Crippen LogP contribution < -0.4 is 20.4 Å². The highest BCUT2D eigenvalue weighted by atomic mass is 79.9. The molecule has 30 heavy (non-hydrogen) atoms. The normalized spacial score (nSPS) is 14.1. The number of hydrogen-bond donors (Lipinski definition) is 1. The molecule has 0 saturated carbocycles. The molecular weight excluding hydrogens is 466 g/mol. The molecule has 1 saturated heterocycles. The summed E-state index contributed by atoms with van der Waals surface area (Å²) in [7, 11) is 1.94. The van der Waals surface area contributed by atoms with Crippen LogP contribution in [0.5, 0.6) is 0 Å². The summed E-state index contributed by atoms with van der Waals surface area (Å²) in [5.41, 5.74) is 7.94. The number of pyridine rings is 1. The van der Waals surface area contributed by atoms with E-state index in [0.29, 0.717) is 16.8 Å². The van der Waals surface area contributed by atoms with Gasteiger partial charge in [0.05, 0.1) is 10.7 Å². The summed E-state index contributed by atoms with van der Waals surface area (Å²) in [5, 5.41) is 0.633. The number of benzene rings is 1. The Kier molecular flexibility index (Phi) is 5.97. The lowest BCUT2D eigenvalue weighted by Crippen LogP contribution is -2.47. The number of halogens is 2. The minimum Gasteiger partial charge on any atom is -0.383 e. The SMILES string of the molecule is Cc1c(N)nc(N2CCN(c3ccccn3)CC2)nc1N(C)c1ccc(Br)cc1Cl. The van der Waals surface area contributed by atoms with Gasteiger partial charge in [0.2, 0.25) is 5.95 Å². The van der Waals surface area contributed by atoms with E-state index in [1.54, 1.807) is 0 Å². The van der Waals surface area contributed by atoms with Crippen LogP contribution in [0.3, 0.4) is 0 Å². The minimum absolute atomic E-state index is 0.474. The summed E-state index contributed by atoms with van der Waals surface area (Å²) >= 11 is 9.91. The van der Waals surface area contributed by atoms with Gasteiger partial charge < -0.3 is 20.4 Å². The lowest BCUT2D eigenvalue weighted by Gasteiger charge is -2.36. The maximum absolute atomic E-state index is 6.46. The Morgan fingerprint density at radius 2 is 1.80 bits per heavy atom. The fraction of sp³-hybridized carbons (Fsp3) is 0.286. The number of piperazine rings is 1. The second kappa shape index (κ2) is 8.65. The van der Waals surface area contributed by atoms with Gasteiger partial charge in [-0.2, -0.15) is 9.97 Å². The Bertz CT molecular complexity index is 1040. The van der Waals surface area contributed by atoms with E-state index in [2.05, 4.69) is 35.7 Å². The zero-order valence-corrected chi connectivity index (χ0v) is 19.2. The molecule has 3 heterocycles. The molecule has 9 heteroatoms. The van der Waals surface area contributed by atoms with Crippen LogP contribution in [0.25, 0.3) is 0 Å². The summed E-state index contributed by atoms with van der Waals surface area (Å²) in [6, 6.07) is 11.7. The first-order chi connectivity index (χ1) is 14.4. The largest absolute Gasteiger partial charge is 0.383 e. The Morgan fingerprint density at radius 3 is 2.47 bits per heavy atom. The first kappa shape index (κ1) is 20.7. The van der Waals surface area contributed by atoms with Gasteiger partial charge in [0.15, 0.2) is 0 Å². The molecule has 2 N–H and O–H groups in total. The quantitative estimate of drug-likeness (QED) is 0.588. The fourth-order valence-corrected chi connectivity index (χ4v) is 4.32. The topological polar surface area (TPSA) is 74.4 Å². The highest BCUT2D eigenvalue weighted by Gasteiger charge is 2.23. The van der Waals surface area contributed by atoms with Crippen LogP contribution in [0.4, 0.5) is 29.1 Å². The van der Waals surface area contributed by atoms with Crippen LogP contribution in [-0.2, 0) is 0 Å². The van der Waals surface area contributed by atoms with E-state index < -0.39 is 0 Å². The molecule has 1 fully saturated rings. The molecule has 1 aliphatic heterocycles. The van der Waals surface area contributed by atoms with Crippen molar-refractivity contribution < 1.29 is 0 Å². The highest BCUT2D eigenvalue weighted by Crippen LogP contribution is 2.35. The second-order valence-corrected chi connectivity index (χ2v) is 8.50.